The van der Waals surface area contributed by atoms with Gasteiger partial charge >= 0.3 is 0 Å². The van der Waals surface area contributed by atoms with Crippen molar-refractivity contribution in [2.75, 3.05) is 13.1 Å². The molecule has 0 radical (unpaired) electrons. The minimum Gasteiger partial charge on any atom is -0.344 e. The van der Waals surface area contributed by atoms with Gasteiger partial charge in [-0.15, -0.1) is 11.3 Å². The number of thiazole rings is 1. The van der Waals surface area contributed by atoms with E-state index in [2.05, 4.69) is 29.5 Å². The Morgan fingerprint density at radius 3 is 2.90 bits per heavy atom. The van der Waals surface area contributed by atoms with Crippen molar-refractivity contribution in [3.05, 3.63) is 16.6 Å². The molecule has 1 aliphatic rings. The molecule has 0 aromatic carbocycles. The molecule has 1 unspecified atom stereocenters. The predicted molar refractivity (Wildman–Crippen MR) is 82.7 cm³/mol. The number of rotatable bonds is 6. The van der Waals surface area contributed by atoms with Crippen molar-refractivity contribution in [2.45, 2.75) is 51.5 Å². The second-order valence-corrected chi connectivity index (χ2v) is 6.70. The Balaban J connectivity index is 1.83. The van der Waals surface area contributed by atoms with Gasteiger partial charge in [0.25, 0.3) is 0 Å². The highest BCUT2D eigenvalue weighted by Crippen LogP contribution is 2.26. The number of hydrogen-bond donors (Lipinski definition) is 2. The molecule has 1 atom stereocenters. The first kappa shape index (κ1) is 15.4. The summed E-state index contributed by atoms with van der Waals surface area (Å²) in [6.07, 6.45) is 6.70. The molecule has 2 N–H and O–H groups in total. The van der Waals surface area contributed by atoms with E-state index in [-0.39, 0.29) is 11.4 Å². The van der Waals surface area contributed by atoms with Crippen molar-refractivity contribution >= 4 is 17.2 Å². The van der Waals surface area contributed by atoms with Crippen LogP contribution in [-0.2, 0) is 10.3 Å². The van der Waals surface area contributed by atoms with Crippen molar-refractivity contribution in [1.29, 1.82) is 0 Å². The van der Waals surface area contributed by atoms with Crippen LogP contribution in [0.2, 0.25) is 0 Å². The molecule has 0 aliphatic carbocycles. The molecule has 0 spiro atoms. The maximum Gasteiger partial charge on any atom is 0.220 e. The molecule has 1 amide bonds. The van der Waals surface area contributed by atoms with Gasteiger partial charge in [-0.1, -0.05) is 6.92 Å². The molecular weight excluding hydrogens is 270 g/mol. The van der Waals surface area contributed by atoms with E-state index in [4.69, 9.17) is 0 Å². The number of aromatic nitrogens is 1. The van der Waals surface area contributed by atoms with Gasteiger partial charge in [0.15, 0.2) is 0 Å². The smallest absolute Gasteiger partial charge is 0.220 e. The maximum atomic E-state index is 12.2. The summed E-state index contributed by atoms with van der Waals surface area (Å²) in [5.41, 5.74) is -0.320. The van der Waals surface area contributed by atoms with E-state index in [0.29, 0.717) is 12.3 Å². The topological polar surface area (TPSA) is 54.0 Å². The van der Waals surface area contributed by atoms with Gasteiger partial charge in [-0.25, -0.2) is 4.98 Å². The third-order valence-electron chi connectivity index (χ3n) is 4.27. The fourth-order valence-electron chi connectivity index (χ4n) is 2.66. The van der Waals surface area contributed by atoms with E-state index in [9.17, 15) is 4.79 Å². The highest BCUT2D eigenvalue weighted by molar-refractivity contribution is 7.09. The van der Waals surface area contributed by atoms with E-state index in [1.54, 1.807) is 17.5 Å². The minimum absolute atomic E-state index is 0.156. The highest BCUT2D eigenvalue weighted by atomic mass is 32.1. The van der Waals surface area contributed by atoms with Gasteiger partial charge in [-0.05, 0) is 51.6 Å². The number of amides is 1. The number of carbonyl (C=O) groups is 1. The number of nitrogens with zero attached hydrogens (tertiary/aromatic N) is 1. The lowest BCUT2D eigenvalue weighted by molar-refractivity contribution is -0.123. The molecule has 1 saturated heterocycles. The fourth-order valence-corrected chi connectivity index (χ4v) is 3.49. The standard InChI is InChI=1S/C15H25N3OS/c1-3-15(2,14-17-10-11-20-14)18-13(19)5-4-12-6-8-16-9-7-12/h10-12,16H,3-9H2,1-2H3,(H,18,19). The van der Waals surface area contributed by atoms with Crippen LogP contribution in [0.25, 0.3) is 0 Å². The SMILES string of the molecule is CCC(C)(NC(=O)CCC1CCNCC1)c1nccs1. The van der Waals surface area contributed by atoms with Gasteiger partial charge in [0, 0.05) is 18.0 Å². The summed E-state index contributed by atoms with van der Waals surface area (Å²) in [5.74, 6) is 0.859. The number of carbonyl (C=O) groups excluding carboxylic acids is 1. The Hall–Kier alpha value is -0.940. The van der Waals surface area contributed by atoms with Crippen molar-refractivity contribution < 1.29 is 4.79 Å². The number of nitrogens with one attached hydrogen (secondary N) is 2. The Morgan fingerprint density at radius 2 is 2.30 bits per heavy atom. The monoisotopic (exact) mass is 295 g/mol. The van der Waals surface area contributed by atoms with E-state index in [1.165, 1.54) is 12.8 Å². The van der Waals surface area contributed by atoms with E-state index in [0.717, 1.165) is 30.9 Å². The van der Waals surface area contributed by atoms with Gasteiger partial charge in [0.2, 0.25) is 5.91 Å². The summed E-state index contributed by atoms with van der Waals surface area (Å²) in [7, 11) is 0. The van der Waals surface area contributed by atoms with Crippen molar-refractivity contribution in [1.82, 2.24) is 15.6 Å². The average Bonchev–Trinajstić information content (AvgIpc) is 3.01. The molecule has 5 heteroatoms. The predicted octanol–water partition coefficient (Wildman–Crippen LogP) is 2.66. The summed E-state index contributed by atoms with van der Waals surface area (Å²) in [5, 5.41) is 9.50. The molecule has 1 fully saturated rings. The molecule has 0 bridgehead atoms. The Bertz CT molecular complexity index is 415. The third-order valence-corrected chi connectivity index (χ3v) is 5.30. The van der Waals surface area contributed by atoms with E-state index in [1.807, 2.05) is 5.38 Å². The number of piperidine rings is 1. The van der Waals surface area contributed by atoms with Gasteiger partial charge in [0.1, 0.15) is 5.01 Å². The zero-order valence-electron chi connectivity index (χ0n) is 12.4. The molecular formula is C15H25N3OS. The molecule has 2 heterocycles. The summed E-state index contributed by atoms with van der Waals surface area (Å²) in [6.45, 7) is 6.35. The Morgan fingerprint density at radius 1 is 1.55 bits per heavy atom. The molecule has 4 nitrogen and oxygen atoms in total. The normalized spacial score (nSPS) is 19.5. The summed E-state index contributed by atoms with van der Waals surface area (Å²) in [6, 6.07) is 0. The molecule has 1 aromatic heterocycles. The molecule has 112 valence electrons. The molecule has 2 rings (SSSR count). The highest BCUT2D eigenvalue weighted by Gasteiger charge is 2.29. The second kappa shape index (κ2) is 7.18. The average molecular weight is 295 g/mol. The lowest BCUT2D eigenvalue weighted by Gasteiger charge is -2.28. The number of hydrogen-bond acceptors (Lipinski definition) is 4. The van der Waals surface area contributed by atoms with Gasteiger partial charge in [-0.2, -0.15) is 0 Å². The lowest BCUT2D eigenvalue weighted by Crippen LogP contribution is -2.43. The Labute approximate surface area is 125 Å². The third kappa shape index (κ3) is 4.03. The first-order chi connectivity index (χ1) is 9.64. The molecule has 0 saturated carbocycles. The van der Waals surface area contributed by atoms with Crippen LogP contribution in [-0.4, -0.2) is 24.0 Å². The summed E-state index contributed by atoms with van der Waals surface area (Å²) >= 11 is 1.61. The van der Waals surface area contributed by atoms with Crippen LogP contribution in [0.4, 0.5) is 0 Å². The second-order valence-electron chi connectivity index (χ2n) is 5.80. The maximum absolute atomic E-state index is 12.2. The lowest BCUT2D eigenvalue weighted by atomic mass is 9.92. The van der Waals surface area contributed by atoms with E-state index >= 15 is 0 Å². The fraction of sp³-hybridized carbons (Fsp3) is 0.733. The van der Waals surface area contributed by atoms with Crippen LogP contribution >= 0.6 is 11.3 Å². The molecule has 1 aromatic rings. The van der Waals surface area contributed by atoms with Gasteiger partial charge in [0.05, 0.1) is 5.54 Å². The largest absolute Gasteiger partial charge is 0.344 e. The summed E-state index contributed by atoms with van der Waals surface area (Å²) in [4.78, 5) is 16.6. The molecule has 20 heavy (non-hydrogen) atoms. The molecule has 1 aliphatic heterocycles. The first-order valence-electron chi connectivity index (χ1n) is 7.56. The minimum atomic E-state index is -0.320. The zero-order valence-corrected chi connectivity index (χ0v) is 13.3. The quantitative estimate of drug-likeness (QED) is 0.848. The van der Waals surface area contributed by atoms with Crippen LogP contribution in [0.1, 0.15) is 51.0 Å². The summed E-state index contributed by atoms with van der Waals surface area (Å²) < 4.78 is 0. The van der Waals surface area contributed by atoms with Crippen LogP contribution in [0.5, 0.6) is 0 Å². The van der Waals surface area contributed by atoms with Crippen molar-refractivity contribution in [3.8, 4) is 0 Å². The van der Waals surface area contributed by atoms with Crippen molar-refractivity contribution in [2.24, 2.45) is 5.92 Å². The van der Waals surface area contributed by atoms with Crippen molar-refractivity contribution in [3.63, 3.8) is 0 Å². The Kier molecular flexibility index (Phi) is 5.54. The van der Waals surface area contributed by atoms with E-state index < -0.39 is 0 Å². The van der Waals surface area contributed by atoms with Gasteiger partial charge in [-0.3, -0.25) is 4.79 Å². The van der Waals surface area contributed by atoms with Crippen LogP contribution in [0, 0.1) is 5.92 Å². The zero-order chi connectivity index (χ0) is 14.4. The van der Waals surface area contributed by atoms with Crippen LogP contribution in [0.15, 0.2) is 11.6 Å². The van der Waals surface area contributed by atoms with Crippen LogP contribution < -0.4 is 10.6 Å². The first-order valence-corrected chi connectivity index (χ1v) is 8.43. The van der Waals surface area contributed by atoms with Crippen LogP contribution in [0.3, 0.4) is 0 Å². The van der Waals surface area contributed by atoms with Gasteiger partial charge < -0.3 is 10.6 Å².